The predicted molar refractivity (Wildman–Crippen MR) is 157 cm³/mol. The zero-order valence-electron chi connectivity index (χ0n) is 22.2. The van der Waals surface area contributed by atoms with Crippen LogP contribution in [0.5, 0.6) is 0 Å². The molecule has 200 valence electrons. The molecule has 0 spiro atoms. The van der Waals surface area contributed by atoms with E-state index >= 15 is 0 Å². The fraction of sp³-hybridized carbons (Fsp3) is 0.0938. The molecule has 0 amide bonds. The van der Waals surface area contributed by atoms with Crippen LogP contribution in [-0.2, 0) is 13.1 Å². The van der Waals surface area contributed by atoms with E-state index in [1.54, 1.807) is 12.4 Å². The van der Waals surface area contributed by atoms with Gasteiger partial charge in [-0.05, 0) is 59.5 Å². The van der Waals surface area contributed by atoms with Crippen molar-refractivity contribution in [3.63, 3.8) is 0 Å². The largest absolute Gasteiger partial charge is 0.335 e. The number of H-pyrrole nitrogens is 2. The van der Waals surface area contributed by atoms with Crippen molar-refractivity contribution in [2.24, 2.45) is 0 Å². The van der Waals surface area contributed by atoms with E-state index in [0.29, 0.717) is 23.7 Å². The van der Waals surface area contributed by atoms with Crippen molar-refractivity contribution >= 4 is 22.1 Å². The van der Waals surface area contributed by atoms with Crippen LogP contribution in [0.25, 0.3) is 56.0 Å². The smallest absolute Gasteiger partial charge is 0.178 e. The Morgan fingerprint density at radius 3 is 2.61 bits per heavy atom. The number of hydrogen-bond acceptors (Lipinski definition) is 6. The lowest BCUT2D eigenvalue weighted by Gasteiger charge is -2.07. The van der Waals surface area contributed by atoms with Crippen LogP contribution in [0.15, 0.2) is 91.5 Å². The molecule has 0 saturated carbocycles. The van der Waals surface area contributed by atoms with Crippen molar-refractivity contribution in [1.82, 2.24) is 40.4 Å². The first-order chi connectivity index (χ1) is 20.1. The third-order valence-electron chi connectivity index (χ3n) is 7.01. The van der Waals surface area contributed by atoms with E-state index in [1.165, 1.54) is 17.7 Å². The van der Waals surface area contributed by atoms with Crippen molar-refractivity contribution < 1.29 is 4.39 Å². The molecule has 0 fully saturated rings. The second-order valence-electron chi connectivity index (χ2n) is 10.0. The number of nitrogens with one attached hydrogen (secondary N) is 3. The van der Waals surface area contributed by atoms with Crippen molar-refractivity contribution in [1.29, 1.82) is 0 Å². The highest BCUT2D eigenvalue weighted by Crippen LogP contribution is 2.32. The van der Waals surface area contributed by atoms with E-state index in [1.807, 2.05) is 55.7 Å². The molecule has 0 aliphatic rings. The van der Waals surface area contributed by atoms with Gasteiger partial charge in [0.1, 0.15) is 11.5 Å². The van der Waals surface area contributed by atoms with Crippen LogP contribution in [0.1, 0.15) is 16.7 Å². The minimum absolute atomic E-state index is 0.284. The Hall–Kier alpha value is -5.28. The van der Waals surface area contributed by atoms with Gasteiger partial charge in [0.25, 0.3) is 0 Å². The first-order valence-electron chi connectivity index (χ1n) is 13.3. The minimum atomic E-state index is -0.284. The fourth-order valence-corrected chi connectivity index (χ4v) is 5.08. The number of halogens is 1. The molecule has 2 aromatic carbocycles. The lowest BCUT2D eigenvalue weighted by molar-refractivity contribution is 0.627. The topological polar surface area (TPSA) is 108 Å². The molecule has 5 aromatic heterocycles. The van der Waals surface area contributed by atoms with Gasteiger partial charge in [-0.2, -0.15) is 5.10 Å². The molecule has 0 saturated heterocycles. The highest BCUT2D eigenvalue weighted by atomic mass is 19.1. The van der Waals surface area contributed by atoms with Crippen LogP contribution >= 0.6 is 0 Å². The summed E-state index contributed by atoms with van der Waals surface area (Å²) in [4.78, 5) is 21.7. The van der Waals surface area contributed by atoms with Gasteiger partial charge in [0.05, 0.1) is 22.9 Å². The Labute approximate surface area is 234 Å². The summed E-state index contributed by atoms with van der Waals surface area (Å²) in [6.45, 7) is 3.34. The van der Waals surface area contributed by atoms with Gasteiger partial charge in [-0.25, -0.2) is 14.4 Å². The van der Waals surface area contributed by atoms with Crippen molar-refractivity contribution in [3.05, 3.63) is 114 Å². The number of pyridine rings is 3. The molecule has 7 rings (SSSR count). The van der Waals surface area contributed by atoms with Gasteiger partial charge >= 0.3 is 0 Å². The molecule has 0 unspecified atom stereocenters. The summed E-state index contributed by atoms with van der Waals surface area (Å²) in [5.41, 5.74) is 9.10. The molecule has 9 heteroatoms. The third kappa shape index (κ3) is 4.94. The molecule has 41 heavy (non-hydrogen) atoms. The van der Waals surface area contributed by atoms with Crippen LogP contribution in [-0.4, -0.2) is 35.1 Å². The minimum Gasteiger partial charge on any atom is -0.335 e. The van der Waals surface area contributed by atoms with E-state index in [9.17, 15) is 4.39 Å². The molecule has 7 aromatic rings. The zero-order valence-corrected chi connectivity index (χ0v) is 22.2. The summed E-state index contributed by atoms with van der Waals surface area (Å²) >= 11 is 0. The van der Waals surface area contributed by atoms with E-state index < -0.39 is 0 Å². The van der Waals surface area contributed by atoms with Gasteiger partial charge in [0.2, 0.25) is 0 Å². The molecule has 8 nitrogen and oxygen atoms in total. The first kappa shape index (κ1) is 24.7. The summed E-state index contributed by atoms with van der Waals surface area (Å²) in [5, 5.41) is 11.9. The van der Waals surface area contributed by atoms with Crippen LogP contribution in [0.4, 0.5) is 4.39 Å². The van der Waals surface area contributed by atoms with Crippen LogP contribution < -0.4 is 5.32 Å². The Balaban J connectivity index is 1.21. The maximum Gasteiger partial charge on any atom is 0.178 e. The summed E-state index contributed by atoms with van der Waals surface area (Å²) < 4.78 is 14.2. The molecular formula is C32H25FN8. The highest BCUT2D eigenvalue weighted by molar-refractivity contribution is 5.96. The summed E-state index contributed by atoms with van der Waals surface area (Å²) in [7, 11) is 0. The highest BCUT2D eigenvalue weighted by Gasteiger charge is 2.17. The predicted octanol–water partition coefficient (Wildman–Crippen LogP) is 6.36. The first-order valence-corrected chi connectivity index (χ1v) is 13.3. The number of aryl methyl sites for hydroxylation is 1. The average molecular weight is 541 g/mol. The number of imidazole rings is 1. The molecule has 0 bridgehead atoms. The maximum atomic E-state index is 14.2. The Morgan fingerprint density at radius 1 is 0.854 bits per heavy atom. The van der Waals surface area contributed by atoms with E-state index in [0.717, 1.165) is 56.5 Å². The third-order valence-corrected chi connectivity index (χ3v) is 7.01. The van der Waals surface area contributed by atoms with Crippen molar-refractivity contribution in [2.45, 2.75) is 20.0 Å². The number of nitrogens with zero attached hydrogens (tertiary/aromatic N) is 5. The Bertz CT molecular complexity index is 1990. The normalized spacial score (nSPS) is 11.5. The van der Waals surface area contributed by atoms with Gasteiger partial charge in [0, 0.05) is 48.2 Å². The SMILES string of the molecule is Cc1cc(F)cc(-c2ccnc3nc(-c4n[nH]c5cnc(-c6cncc(CNCc7ccccc7)c6)cc45)[nH]c23)c1. The van der Waals surface area contributed by atoms with Crippen molar-refractivity contribution in [3.8, 4) is 33.9 Å². The number of aromatic amines is 2. The summed E-state index contributed by atoms with van der Waals surface area (Å²) in [5.74, 6) is 0.280. The standard InChI is InChI=1S/C32H25FN8/c1-19-9-22(12-24(33)10-19)25-7-8-36-31-29(25)38-32(39-31)30-26-13-27(37-18-28(26)40-41-30)23-11-21(16-35-17-23)15-34-14-20-5-3-2-4-6-20/h2-13,16-18,34H,14-15H2,1H3,(H,40,41)(H,36,38,39). The number of hydrogen-bond donors (Lipinski definition) is 3. The Morgan fingerprint density at radius 2 is 1.73 bits per heavy atom. The average Bonchev–Trinajstić information content (AvgIpc) is 3.61. The second-order valence-corrected chi connectivity index (χ2v) is 10.0. The second kappa shape index (κ2) is 10.4. The lowest BCUT2D eigenvalue weighted by atomic mass is 10.0. The monoisotopic (exact) mass is 540 g/mol. The molecule has 0 atom stereocenters. The maximum absolute atomic E-state index is 14.2. The molecular weight excluding hydrogens is 515 g/mol. The van der Waals surface area contributed by atoms with Gasteiger partial charge < -0.3 is 10.3 Å². The van der Waals surface area contributed by atoms with Crippen molar-refractivity contribution in [2.75, 3.05) is 0 Å². The lowest BCUT2D eigenvalue weighted by Crippen LogP contribution is -2.12. The molecule has 0 aliphatic carbocycles. The quantitative estimate of drug-likeness (QED) is 0.217. The van der Waals surface area contributed by atoms with Gasteiger partial charge in [-0.15, -0.1) is 0 Å². The van der Waals surface area contributed by atoms with E-state index in [2.05, 4.69) is 53.6 Å². The van der Waals surface area contributed by atoms with Crippen LogP contribution in [0, 0.1) is 12.7 Å². The van der Waals surface area contributed by atoms with Gasteiger partial charge in [0.15, 0.2) is 11.5 Å². The van der Waals surface area contributed by atoms with Crippen LogP contribution in [0.2, 0.25) is 0 Å². The molecule has 3 N–H and O–H groups in total. The number of aromatic nitrogens is 7. The molecule has 5 heterocycles. The molecule has 0 aliphatic heterocycles. The summed E-state index contributed by atoms with van der Waals surface area (Å²) in [6, 6.07) is 21.2. The number of benzene rings is 2. The number of rotatable bonds is 7. The van der Waals surface area contributed by atoms with Gasteiger partial charge in [-0.3, -0.25) is 15.1 Å². The number of fused-ring (bicyclic) bond motifs is 2. The summed E-state index contributed by atoms with van der Waals surface area (Å²) in [6.07, 6.45) is 7.13. The fourth-order valence-electron chi connectivity index (χ4n) is 5.08. The van der Waals surface area contributed by atoms with E-state index in [-0.39, 0.29) is 5.82 Å². The van der Waals surface area contributed by atoms with Crippen LogP contribution in [0.3, 0.4) is 0 Å². The van der Waals surface area contributed by atoms with E-state index in [4.69, 9.17) is 4.98 Å². The zero-order chi connectivity index (χ0) is 27.8. The molecule has 0 radical (unpaired) electrons. The Kier molecular flexibility index (Phi) is 6.25. The van der Waals surface area contributed by atoms with Gasteiger partial charge in [-0.1, -0.05) is 36.4 Å².